The van der Waals surface area contributed by atoms with Crippen LogP contribution >= 0.6 is 0 Å². The molecule has 5 heteroatoms. The van der Waals surface area contributed by atoms with Gasteiger partial charge in [-0.25, -0.2) is 0 Å². The van der Waals surface area contributed by atoms with Gasteiger partial charge in [0.2, 0.25) is 0 Å². The zero-order valence-corrected chi connectivity index (χ0v) is 12.2. The summed E-state index contributed by atoms with van der Waals surface area (Å²) in [6.07, 6.45) is 3.14. The van der Waals surface area contributed by atoms with Crippen LogP contribution in [0.5, 0.6) is 0 Å². The van der Waals surface area contributed by atoms with Gasteiger partial charge in [0.25, 0.3) is 0 Å². The maximum atomic E-state index is 11.7. The highest BCUT2D eigenvalue weighted by molar-refractivity contribution is 6.04. The van der Waals surface area contributed by atoms with Crippen LogP contribution in [0, 0.1) is 0 Å². The molecule has 0 spiro atoms. The maximum Gasteiger partial charge on any atom is 0.180 e. The van der Waals surface area contributed by atoms with Crippen LogP contribution in [0.2, 0.25) is 0 Å². The molecule has 1 aliphatic rings. The molecule has 5 nitrogen and oxygen atoms in total. The fraction of sp³-hybridized carbons (Fsp3) is 0.500. The number of hydrogen-bond acceptors (Lipinski definition) is 4. The van der Waals surface area contributed by atoms with E-state index in [0.717, 1.165) is 36.8 Å². The first-order valence-corrected chi connectivity index (χ1v) is 7.45. The molecule has 0 bridgehead atoms. The topological polar surface area (TPSA) is 53.4 Å². The number of Topliss-reactive ketones (excluding diaryl/α,β-unsaturated/α-hetero) is 1. The van der Waals surface area contributed by atoms with Gasteiger partial charge in [0.1, 0.15) is 5.69 Å². The third-order valence-corrected chi connectivity index (χ3v) is 3.74. The number of nitrogens with zero attached hydrogens (tertiary/aromatic N) is 2. The number of fused-ring (bicyclic) bond motifs is 1. The van der Waals surface area contributed by atoms with E-state index < -0.39 is 0 Å². The summed E-state index contributed by atoms with van der Waals surface area (Å²) in [5.74, 6) is -0.0125. The standard InChI is InChI=1S/C16H20N2O3/c1-12(19)16-13-6-2-3-7-14(13)18(17-16)9-11-21-15-8-4-5-10-20-15/h2-3,6-7,15H,4-5,8-11H2,1H3. The van der Waals surface area contributed by atoms with Crippen molar-refractivity contribution in [1.82, 2.24) is 9.78 Å². The summed E-state index contributed by atoms with van der Waals surface area (Å²) in [5.41, 5.74) is 1.50. The molecule has 0 aliphatic carbocycles. The first kappa shape index (κ1) is 14.2. The lowest BCUT2D eigenvalue weighted by Crippen LogP contribution is -2.24. The summed E-state index contributed by atoms with van der Waals surface area (Å²) < 4.78 is 13.1. The van der Waals surface area contributed by atoms with Gasteiger partial charge in [-0.15, -0.1) is 0 Å². The molecule has 2 heterocycles. The lowest BCUT2D eigenvalue weighted by atomic mass is 10.2. The van der Waals surface area contributed by atoms with Crippen molar-refractivity contribution >= 4 is 16.7 Å². The Morgan fingerprint density at radius 2 is 2.29 bits per heavy atom. The average molecular weight is 288 g/mol. The number of para-hydroxylation sites is 1. The van der Waals surface area contributed by atoms with Crippen molar-refractivity contribution < 1.29 is 14.3 Å². The van der Waals surface area contributed by atoms with Crippen LogP contribution in [0.3, 0.4) is 0 Å². The fourth-order valence-electron chi connectivity index (χ4n) is 2.67. The molecular formula is C16H20N2O3. The molecule has 0 radical (unpaired) electrons. The minimum Gasteiger partial charge on any atom is -0.353 e. The molecule has 1 unspecified atom stereocenters. The minimum atomic E-state index is -0.0900. The molecule has 1 aromatic heterocycles. The number of carbonyl (C=O) groups excluding carboxylic acids is 1. The number of ether oxygens (including phenoxy) is 2. The van der Waals surface area contributed by atoms with Crippen LogP contribution in [0.15, 0.2) is 24.3 Å². The summed E-state index contributed by atoms with van der Waals surface area (Å²) in [4.78, 5) is 11.7. The zero-order chi connectivity index (χ0) is 14.7. The number of benzene rings is 1. The van der Waals surface area contributed by atoms with E-state index in [1.165, 1.54) is 0 Å². The molecule has 1 atom stereocenters. The Bertz CT molecular complexity index is 629. The van der Waals surface area contributed by atoms with Crippen molar-refractivity contribution in [2.75, 3.05) is 13.2 Å². The van der Waals surface area contributed by atoms with Crippen LogP contribution in [-0.4, -0.2) is 35.1 Å². The lowest BCUT2D eigenvalue weighted by molar-refractivity contribution is -0.163. The second-order valence-electron chi connectivity index (χ2n) is 5.31. The van der Waals surface area contributed by atoms with E-state index in [1.807, 2.05) is 28.9 Å². The Morgan fingerprint density at radius 1 is 1.43 bits per heavy atom. The van der Waals surface area contributed by atoms with Gasteiger partial charge in [-0.3, -0.25) is 9.48 Å². The Hall–Kier alpha value is -1.72. The third-order valence-electron chi connectivity index (χ3n) is 3.74. The highest BCUT2D eigenvalue weighted by Gasteiger charge is 2.16. The molecule has 0 N–H and O–H groups in total. The molecule has 21 heavy (non-hydrogen) atoms. The van der Waals surface area contributed by atoms with Crippen LogP contribution < -0.4 is 0 Å². The van der Waals surface area contributed by atoms with Gasteiger partial charge in [0.15, 0.2) is 12.1 Å². The zero-order valence-electron chi connectivity index (χ0n) is 12.2. The highest BCUT2D eigenvalue weighted by atomic mass is 16.7. The van der Waals surface area contributed by atoms with Crippen molar-refractivity contribution in [3.8, 4) is 0 Å². The van der Waals surface area contributed by atoms with Gasteiger partial charge >= 0.3 is 0 Å². The van der Waals surface area contributed by atoms with Gasteiger partial charge in [-0.05, 0) is 25.3 Å². The molecule has 1 saturated heterocycles. The fourth-order valence-corrected chi connectivity index (χ4v) is 2.67. The molecule has 1 aliphatic heterocycles. The SMILES string of the molecule is CC(=O)c1nn(CCOC2CCCCO2)c2ccccc12. The van der Waals surface area contributed by atoms with Gasteiger partial charge in [-0.2, -0.15) is 5.10 Å². The van der Waals surface area contributed by atoms with E-state index in [-0.39, 0.29) is 12.1 Å². The number of hydrogen-bond donors (Lipinski definition) is 0. The highest BCUT2D eigenvalue weighted by Crippen LogP contribution is 2.19. The molecule has 2 aromatic rings. The maximum absolute atomic E-state index is 11.7. The van der Waals surface area contributed by atoms with Crippen LogP contribution in [0.1, 0.15) is 36.7 Å². The molecular weight excluding hydrogens is 268 g/mol. The van der Waals surface area contributed by atoms with Crippen molar-refractivity contribution in [3.63, 3.8) is 0 Å². The largest absolute Gasteiger partial charge is 0.353 e. The smallest absolute Gasteiger partial charge is 0.180 e. The summed E-state index contributed by atoms with van der Waals surface area (Å²) >= 11 is 0. The predicted octanol–water partition coefficient (Wildman–Crippen LogP) is 2.78. The lowest BCUT2D eigenvalue weighted by Gasteiger charge is -2.22. The van der Waals surface area contributed by atoms with Crippen molar-refractivity contribution in [1.29, 1.82) is 0 Å². The van der Waals surface area contributed by atoms with E-state index in [1.54, 1.807) is 6.92 Å². The van der Waals surface area contributed by atoms with E-state index >= 15 is 0 Å². The monoisotopic (exact) mass is 288 g/mol. The van der Waals surface area contributed by atoms with Crippen molar-refractivity contribution in [3.05, 3.63) is 30.0 Å². The second kappa shape index (κ2) is 6.37. The molecule has 3 rings (SSSR count). The first-order chi connectivity index (χ1) is 10.3. The Balaban J connectivity index is 1.70. The number of carbonyl (C=O) groups is 1. The van der Waals surface area contributed by atoms with Gasteiger partial charge < -0.3 is 9.47 Å². The van der Waals surface area contributed by atoms with Crippen LogP contribution in [-0.2, 0) is 16.0 Å². The Morgan fingerprint density at radius 3 is 3.05 bits per heavy atom. The van der Waals surface area contributed by atoms with Crippen molar-refractivity contribution in [2.24, 2.45) is 0 Å². The normalized spacial score (nSPS) is 19.0. The quantitative estimate of drug-likeness (QED) is 0.794. The molecule has 1 fully saturated rings. The molecule has 1 aromatic carbocycles. The summed E-state index contributed by atoms with van der Waals surface area (Å²) in [5, 5.41) is 5.32. The van der Waals surface area contributed by atoms with E-state index in [9.17, 15) is 4.79 Å². The van der Waals surface area contributed by atoms with Gasteiger partial charge in [-0.1, -0.05) is 18.2 Å². The summed E-state index contributed by atoms with van der Waals surface area (Å²) in [7, 11) is 0. The second-order valence-corrected chi connectivity index (χ2v) is 5.31. The van der Waals surface area contributed by atoms with Crippen LogP contribution in [0.25, 0.3) is 10.9 Å². The van der Waals surface area contributed by atoms with Crippen molar-refractivity contribution in [2.45, 2.75) is 39.0 Å². The molecule has 0 saturated carbocycles. The van der Waals surface area contributed by atoms with E-state index in [4.69, 9.17) is 9.47 Å². The minimum absolute atomic E-state index is 0.0125. The third kappa shape index (κ3) is 3.14. The molecule has 112 valence electrons. The van der Waals surface area contributed by atoms with Crippen LogP contribution in [0.4, 0.5) is 0 Å². The first-order valence-electron chi connectivity index (χ1n) is 7.45. The van der Waals surface area contributed by atoms with Gasteiger partial charge in [0, 0.05) is 18.9 Å². The summed E-state index contributed by atoms with van der Waals surface area (Å²) in [6.45, 7) is 3.48. The number of ketones is 1. The Labute approximate surface area is 123 Å². The summed E-state index contributed by atoms with van der Waals surface area (Å²) in [6, 6.07) is 7.79. The number of aromatic nitrogens is 2. The van der Waals surface area contributed by atoms with E-state index in [0.29, 0.717) is 18.8 Å². The van der Waals surface area contributed by atoms with E-state index in [2.05, 4.69) is 5.10 Å². The average Bonchev–Trinajstić information content (AvgIpc) is 2.88. The Kier molecular flexibility index (Phi) is 4.31. The van der Waals surface area contributed by atoms with Gasteiger partial charge in [0.05, 0.1) is 18.7 Å². The predicted molar refractivity (Wildman–Crippen MR) is 79.3 cm³/mol. The number of rotatable bonds is 5. The molecule has 0 amide bonds.